The van der Waals surface area contributed by atoms with E-state index in [1.807, 2.05) is 0 Å². The van der Waals surface area contributed by atoms with Gasteiger partial charge in [0.2, 0.25) is 0 Å². The second-order valence-electron chi connectivity index (χ2n) is 4.44. The third-order valence-electron chi connectivity index (χ3n) is 2.87. The fraction of sp³-hybridized carbons (Fsp3) is 0.818. The zero-order chi connectivity index (χ0) is 10.6. The van der Waals surface area contributed by atoms with Crippen molar-refractivity contribution in [2.45, 2.75) is 33.2 Å². The Bertz CT molecular complexity index is 199. The smallest absolute Gasteiger partial charge is 0.0495 e. The van der Waals surface area contributed by atoms with Crippen LogP contribution in [-0.4, -0.2) is 19.3 Å². The Morgan fingerprint density at radius 3 is 2.79 bits per heavy atom. The van der Waals surface area contributed by atoms with Gasteiger partial charge in [-0.1, -0.05) is 18.6 Å². The van der Waals surface area contributed by atoms with E-state index in [-0.39, 0.29) is 0 Å². The molecule has 14 heavy (non-hydrogen) atoms. The molecule has 0 aromatic heterocycles. The summed E-state index contributed by atoms with van der Waals surface area (Å²) in [7, 11) is 0. The van der Waals surface area contributed by atoms with E-state index < -0.39 is 0 Å². The van der Waals surface area contributed by atoms with Crippen LogP contribution in [0.15, 0.2) is 11.6 Å². The van der Waals surface area contributed by atoms with Gasteiger partial charge in [0.05, 0.1) is 0 Å². The maximum atomic E-state index is 5.58. The minimum Gasteiger partial charge on any atom is -0.381 e. The summed E-state index contributed by atoms with van der Waals surface area (Å²) < 4.78 is 5.42. The third-order valence-corrected chi connectivity index (χ3v) is 2.87. The Labute approximate surface area is 86.7 Å². The predicted octanol–water partition coefficient (Wildman–Crippen LogP) is 1.46. The highest BCUT2D eigenvalue weighted by atomic mass is 16.5. The quantitative estimate of drug-likeness (QED) is 0.410. The number of allylic oxidation sites excluding steroid dienone is 1. The Balaban J connectivity index is 2.62. The number of rotatable bonds is 3. The molecule has 0 aliphatic carbocycles. The van der Waals surface area contributed by atoms with Crippen molar-refractivity contribution in [3.8, 4) is 0 Å². The van der Waals surface area contributed by atoms with Gasteiger partial charge < -0.3 is 4.74 Å². The molecule has 3 heteroatoms. The van der Waals surface area contributed by atoms with Gasteiger partial charge in [-0.25, -0.2) is 0 Å². The number of nitrogens with one attached hydrogen (secondary N) is 1. The monoisotopic (exact) mass is 198 g/mol. The number of hydrazine groups is 1. The van der Waals surface area contributed by atoms with Crippen molar-refractivity contribution in [3.05, 3.63) is 11.6 Å². The third kappa shape index (κ3) is 3.08. The Hall–Kier alpha value is -0.380. The van der Waals surface area contributed by atoms with Gasteiger partial charge in [0.25, 0.3) is 0 Å². The van der Waals surface area contributed by atoms with Gasteiger partial charge in [0.1, 0.15) is 0 Å². The highest BCUT2D eigenvalue weighted by Gasteiger charge is 2.27. The predicted molar refractivity (Wildman–Crippen MR) is 58.6 cm³/mol. The van der Waals surface area contributed by atoms with Crippen molar-refractivity contribution in [1.29, 1.82) is 0 Å². The summed E-state index contributed by atoms with van der Waals surface area (Å²) in [5.74, 6) is 6.76. The molecule has 0 amide bonds. The van der Waals surface area contributed by atoms with Crippen molar-refractivity contribution in [2.75, 3.05) is 13.2 Å². The van der Waals surface area contributed by atoms with E-state index in [4.69, 9.17) is 10.6 Å². The summed E-state index contributed by atoms with van der Waals surface area (Å²) in [4.78, 5) is 0. The van der Waals surface area contributed by atoms with Crippen molar-refractivity contribution in [3.63, 3.8) is 0 Å². The summed E-state index contributed by atoms with van der Waals surface area (Å²) in [6.07, 6.45) is 3.31. The zero-order valence-electron chi connectivity index (χ0n) is 9.42. The average molecular weight is 198 g/mol. The van der Waals surface area contributed by atoms with Gasteiger partial charge in [-0.2, -0.15) is 0 Å². The molecule has 0 aromatic rings. The van der Waals surface area contributed by atoms with Crippen LogP contribution in [0.3, 0.4) is 0 Å². The van der Waals surface area contributed by atoms with Crippen molar-refractivity contribution in [2.24, 2.45) is 17.7 Å². The normalized spacial score (nSPS) is 29.7. The molecule has 0 saturated carbocycles. The molecule has 1 heterocycles. The number of hydrogen-bond donors (Lipinski definition) is 2. The van der Waals surface area contributed by atoms with Crippen LogP contribution in [0.4, 0.5) is 0 Å². The van der Waals surface area contributed by atoms with E-state index in [9.17, 15) is 0 Å². The molecule has 3 nitrogen and oxygen atoms in total. The van der Waals surface area contributed by atoms with Crippen LogP contribution in [-0.2, 0) is 4.74 Å². The van der Waals surface area contributed by atoms with Crippen LogP contribution < -0.4 is 11.3 Å². The molecular weight excluding hydrogens is 176 g/mol. The summed E-state index contributed by atoms with van der Waals surface area (Å²) in [5.41, 5.74) is 4.21. The lowest BCUT2D eigenvalue weighted by Gasteiger charge is -2.33. The number of nitrogens with two attached hydrogens (primary N) is 1. The molecule has 0 radical (unpaired) electrons. The highest BCUT2D eigenvalue weighted by Crippen LogP contribution is 2.25. The van der Waals surface area contributed by atoms with Crippen LogP contribution in [0, 0.1) is 11.8 Å². The molecule has 3 unspecified atom stereocenters. The van der Waals surface area contributed by atoms with Crippen LogP contribution in [0.25, 0.3) is 0 Å². The molecular formula is C11H22N2O. The molecule has 1 rings (SSSR count). The molecule has 1 aliphatic heterocycles. The Morgan fingerprint density at radius 2 is 2.29 bits per heavy atom. The minimum atomic E-state index is 0.291. The summed E-state index contributed by atoms with van der Waals surface area (Å²) in [6.45, 7) is 8.17. The summed E-state index contributed by atoms with van der Waals surface area (Å²) in [5, 5.41) is 0. The number of hydrogen-bond acceptors (Lipinski definition) is 3. The van der Waals surface area contributed by atoms with E-state index in [0.29, 0.717) is 17.9 Å². The van der Waals surface area contributed by atoms with Crippen LogP contribution in [0.5, 0.6) is 0 Å². The van der Waals surface area contributed by atoms with E-state index >= 15 is 0 Å². The first kappa shape index (κ1) is 11.7. The van der Waals surface area contributed by atoms with Gasteiger partial charge in [-0.3, -0.25) is 11.3 Å². The lowest BCUT2D eigenvalue weighted by Crippen LogP contribution is -2.45. The molecule has 82 valence electrons. The molecule has 3 atom stereocenters. The Morgan fingerprint density at radius 1 is 1.57 bits per heavy atom. The summed E-state index contributed by atoms with van der Waals surface area (Å²) in [6, 6.07) is 0.291. The van der Waals surface area contributed by atoms with Crippen LogP contribution >= 0.6 is 0 Å². The van der Waals surface area contributed by atoms with Gasteiger partial charge >= 0.3 is 0 Å². The van der Waals surface area contributed by atoms with Gasteiger partial charge in [0.15, 0.2) is 0 Å². The fourth-order valence-electron chi connectivity index (χ4n) is 2.08. The van der Waals surface area contributed by atoms with E-state index in [1.165, 1.54) is 5.57 Å². The SMILES string of the molecule is CC(C)=CC(NN)C1CCOCC1C. The summed E-state index contributed by atoms with van der Waals surface area (Å²) >= 11 is 0. The van der Waals surface area contributed by atoms with Crippen molar-refractivity contribution >= 4 is 0 Å². The lowest BCUT2D eigenvalue weighted by atomic mass is 9.83. The minimum absolute atomic E-state index is 0.291. The first-order valence-corrected chi connectivity index (χ1v) is 5.34. The van der Waals surface area contributed by atoms with Crippen LogP contribution in [0.1, 0.15) is 27.2 Å². The molecule has 1 aliphatic rings. The Kier molecular flexibility index (Phi) is 4.58. The first-order valence-electron chi connectivity index (χ1n) is 5.34. The van der Waals surface area contributed by atoms with Gasteiger partial charge in [-0.15, -0.1) is 0 Å². The molecule has 0 bridgehead atoms. The van der Waals surface area contributed by atoms with E-state index in [0.717, 1.165) is 19.6 Å². The molecule has 3 N–H and O–H groups in total. The maximum absolute atomic E-state index is 5.58. The standard InChI is InChI=1S/C11H22N2O/c1-8(2)6-11(13-12)10-4-5-14-7-9(10)3/h6,9-11,13H,4-5,7,12H2,1-3H3. The zero-order valence-corrected chi connectivity index (χ0v) is 9.42. The van der Waals surface area contributed by atoms with Gasteiger partial charge in [-0.05, 0) is 32.1 Å². The molecule has 1 fully saturated rings. The van der Waals surface area contributed by atoms with Crippen LogP contribution in [0.2, 0.25) is 0 Å². The maximum Gasteiger partial charge on any atom is 0.0495 e. The van der Waals surface area contributed by atoms with Gasteiger partial charge in [0, 0.05) is 19.3 Å². The number of ether oxygens (including phenoxy) is 1. The topological polar surface area (TPSA) is 47.3 Å². The lowest BCUT2D eigenvalue weighted by molar-refractivity contribution is 0.0165. The van der Waals surface area contributed by atoms with E-state index in [2.05, 4.69) is 32.3 Å². The average Bonchev–Trinajstić information content (AvgIpc) is 2.15. The largest absolute Gasteiger partial charge is 0.381 e. The van der Waals surface area contributed by atoms with E-state index in [1.54, 1.807) is 0 Å². The van der Waals surface area contributed by atoms with Crippen molar-refractivity contribution < 1.29 is 4.74 Å². The highest BCUT2D eigenvalue weighted by molar-refractivity contribution is 5.03. The molecule has 0 spiro atoms. The first-order chi connectivity index (χ1) is 6.65. The van der Waals surface area contributed by atoms with Crippen molar-refractivity contribution in [1.82, 2.24) is 5.43 Å². The molecule has 0 aromatic carbocycles. The fourth-order valence-corrected chi connectivity index (χ4v) is 2.08. The second kappa shape index (κ2) is 5.49. The second-order valence-corrected chi connectivity index (χ2v) is 4.44. The molecule has 1 saturated heterocycles.